The summed E-state index contributed by atoms with van der Waals surface area (Å²) in [5.74, 6) is 2.04. The van der Waals surface area contributed by atoms with Gasteiger partial charge >= 0.3 is 0 Å². The Hall–Kier alpha value is -6.03. The predicted molar refractivity (Wildman–Crippen MR) is 249 cm³/mol. The third-order valence-corrected chi connectivity index (χ3v) is 11.3. The second kappa shape index (κ2) is 16.3. The fourth-order valence-electron chi connectivity index (χ4n) is 8.41. The van der Waals surface area contributed by atoms with Crippen molar-refractivity contribution in [3.05, 3.63) is 187 Å². The van der Waals surface area contributed by atoms with Crippen molar-refractivity contribution in [1.29, 1.82) is 0 Å². The molecule has 6 aromatic carbocycles. The first-order valence-corrected chi connectivity index (χ1v) is 21.1. The van der Waals surface area contributed by atoms with Crippen molar-refractivity contribution in [1.82, 2.24) is 14.1 Å². The summed E-state index contributed by atoms with van der Waals surface area (Å²) in [5, 5.41) is 2.23. The van der Waals surface area contributed by atoms with Crippen LogP contribution < -0.4 is 9.30 Å². The first kappa shape index (κ1) is 42.7. The van der Waals surface area contributed by atoms with Gasteiger partial charge in [0.25, 0.3) is 6.33 Å². The molecule has 6 heteroatoms. The molecule has 9 aromatic rings. The normalized spacial score (nSPS) is 12.1. The van der Waals surface area contributed by atoms with Crippen molar-refractivity contribution < 1.29 is 30.4 Å². The van der Waals surface area contributed by atoms with Gasteiger partial charge in [0.15, 0.2) is 0 Å². The van der Waals surface area contributed by atoms with E-state index >= 15 is 0 Å². The van der Waals surface area contributed by atoms with Crippen LogP contribution in [0.2, 0.25) is 0 Å². The fourth-order valence-corrected chi connectivity index (χ4v) is 8.41. The van der Waals surface area contributed by atoms with Gasteiger partial charge in [0.05, 0.1) is 17.1 Å². The number of fused-ring (bicyclic) bond motifs is 3. The Morgan fingerprint density at radius 2 is 1.18 bits per heavy atom. The number of rotatable bonds is 7. The summed E-state index contributed by atoms with van der Waals surface area (Å²) >= 11 is 0. The van der Waals surface area contributed by atoms with Crippen LogP contribution in [0.4, 0.5) is 0 Å². The standard InChI is InChI=1S/C56H52N4O.Pt/c1-54(2,3)42-29-30-57-51(34-42)60-49-26-17-16-25-47(49)48-28-27-46(36-50(48)60)61-45-24-18-23-43(35-45)58-37-59(53(56(7,8)9)52(58)55(4,5)6)44-32-40(38-19-12-10-13-20-38)31-41(33-44)39-21-14-11-15-22-39;/h10-34H,1-9H3;/q-2;. The summed E-state index contributed by atoms with van der Waals surface area (Å²) in [6, 6.07) is 58.3. The third kappa shape index (κ3) is 8.19. The molecule has 62 heavy (non-hydrogen) atoms. The van der Waals surface area contributed by atoms with Gasteiger partial charge in [-0.2, -0.15) is 18.2 Å². The third-order valence-electron chi connectivity index (χ3n) is 11.3. The number of nitrogens with zero attached hydrogens (tertiary/aromatic N) is 4. The number of hydrogen-bond donors (Lipinski definition) is 0. The van der Waals surface area contributed by atoms with Gasteiger partial charge in [0.2, 0.25) is 0 Å². The average molecular weight is 992 g/mol. The number of pyridine rings is 1. The van der Waals surface area contributed by atoms with E-state index in [1.807, 2.05) is 24.4 Å². The van der Waals surface area contributed by atoms with Gasteiger partial charge in [-0.1, -0.05) is 147 Å². The van der Waals surface area contributed by atoms with E-state index in [0.29, 0.717) is 11.5 Å². The van der Waals surface area contributed by atoms with Crippen LogP contribution in [0.5, 0.6) is 11.5 Å². The molecule has 314 valence electrons. The number of imidazole rings is 1. The van der Waals surface area contributed by atoms with Gasteiger partial charge in [-0.25, -0.2) is 4.98 Å². The van der Waals surface area contributed by atoms with Crippen LogP contribution in [0.15, 0.2) is 152 Å². The maximum absolute atomic E-state index is 6.68. The molecule has 0 spiro atoms. The van der Waals surface area contributed by atoms with E-state index in [2.05, 4.69) is 222 Å². The van der Waals surface area contributed by atoms with Gasteiger partial charge in [0.1, 0.15) is 5.82 Å². The van der Waals surface area contributed by atoms with E-state index in [0.717, 1.165) is 66.9 Å². The van der Waals surface area contributed by atoms with Crippen molar-refractivity contribution in [2.24, 2.45) is 0 Å². The molecule has 0 N–H and O–H groups in total. The molecule has 0 aliphatic rings. The second-order valence-corrected chi connectivity index (χ2v) is 19.1. The largest absolute Gasteiger partial charge is 0.510 e. The van der Waals surface area contributed by atoms with E-state index in [1.165, 1.54) is 11.3 Å². The van der Waals surface area contributed by atoms with Crippen molar-refractivity contribution >= 4 is 21.8 Å². The Morgan fingerprint density at radius 3 is 1.81 bits per heavy atom. The zero-order valence-electron chi connectivity index (χ0n) is 36.9. The van der Waals surface area contributed by atoms with E-state index in [-0.39, 0.29) is 37.3 Å². The maximum Gasteiger partial charge on any atom is 0.267 e. The molecule has 0 fully saturated rings. The topological polar surface area (TPSA) is 35.9 Å². The molecule has 0 amide bonds. The van der Waals surface area contributed by atoms with E-state index in [9.17, 15) is 0 Å². The summed E-state index contributed by atoms with van der Waals surface area (Å²) in [4.78, 5) is 4.86. The molecular weight excluding hydrogens is 940 g/mol. The zero-order valence-corrected chi connectivity index (χ0v) is 39.2. The van der Waals surface area contributed by atoms with Crippen LogP contribution in [-0.4, -0.2) is 14.1 Å². The number of aromatic nitrogens is 4. The molecule has 9 rings (SSSR count). The molecule has 0 saturated heterocycles. The van der Waals surface area contributed by atoms with Crippen molar-refractivity contribution in [2.45, 2.75) is 78.6 Å². The molecule has 3 aromatic heterocycles. The molecule has 0 saturated carbocycles. The Balaban J connectivity index is 0.00000529. The van der Waals surface area contributed by atoms with Gasteiger partial charge in [0, 0.05) is 44.3 Å². The molecule has 0 unspecified atom stereocenters. The Labute approximate surface area is 381 Å². The van der Waals surface area contributed by atoms with Crippen LogP contribution in [-0.2, 0) is 37.3 Å². The van der Waals surface area contributed by atoms with Crippen LogP contribution in [0.25, 0.3) is 61.3 Å². The summed E-state index contributed by atoms with van der Waals surface area (Å²) < 4.78 is 13.3. The minimum absolute atomic E-state index is 0. The molecule has 0 aliphatic heterocycles. The van der Waals surface area contributed by atoms with Gasteiger partial charge in [-0.15, -0.1) is 29.7 Å². The predicted octanol–water partition coefficient (Wildman–Crippen LogP) is 13.7. The maximum atomic E-state index is 6.68. The van der Waals surface area contributed by atoms with E-state index in [4.69, 9.17) is 9.72 Å². The first-order valence-electron chi connectivity index (χ1n) is 21.1. The van der Waals surface area contributed by atoms with E-state index in [1.54, 1.807) is 0 Å². The Kier molecular flexibility index (Phi) is 11.2. The summed E-state index contributed by atoms with van der Waals surface area (Å²) in [5.41, 5.74) is 11.5. The monoisotopic (exact) mass is 991 g/mol. The van der Waals surface area contributed by atoms with Crippen molar-refractivity contribution in [3.8, 4) is 50.9 Å². The summed E-state index contributed by atoms with van der Waals surface area (Å²) in [6.45, 7) is 20.4. The smallest absolute Gasteiger partial charge is 0.267 e. The summed E-state index contributed by atoms with van der Waals surface area (Å²) in [7, 11) is 0. The van der Waals surface area contributed by atoms with Crippen molar-refractivity contribution in [2.75, 3.05) is 0 Å². The van der Waals surface area contributed by atoms with Crippen LogP contribution >= 0.6 is 0 Å². The minimum atomic E-state index is -0.251. The van der Waals surface area contributed by atoms with Crippen LogP contribution in [0, 0.1) is 18.5 Å². The Morgan fingerprint density at radius 1 is 0.548 bits per heavy atom. The van der Waals surface area contributed by atoms with E-state index < -0.39 is 0 Å². The number of para-hydroxylation sites is 1. The fraction of sp³-hybridized carbons (Fsp3) is 0.214. The SMILES string of the molecule is CC(C)(C)c1ccnc(-n2c3[c-]c(Oc4[c-]c(-n5[c-][n+](-c6cc(-c7ccccc7)cc(-c7ccccc7)c6)c(C(C)(C)C)c5C(C)(C)C)ccc4)ccc3c3ccccc32)c1.[Pt]. The van der Waals surface area contributed by atoms with Crippen LogP contribution in [0.3, 0.4) is 0 Å². The van der Waals surface area contributed by atoms with Gasteiger partial charge in [-0.3, -0.25) is 4.57 Å². The van der Waals surface area contributed by atoms with Gasteiger partial charge in [-0.05, 0) is 91.5 Å². The molecule has 0 bridgehead atoms. The number of ether oxygens (including phenoxy) is 1. The quantitative estimate of drug-likeness (QED) is 0.118. The second-order valence-electron chi connectivity index (χ2n) is 19.1. The average Bonchev–Trinajstić information content (AvgIpc) is 3.82. The number of hydrogen-bond acceptors (Lipinski definition) is 2. The molecule has 0 radical (unpaired) electrons. The molecule has 0 aliphatic carbocycles. The Bertz CT molecular complexity index is 2990. The minimum Gasteiger partial charge on any atom is -0.510 e. The van der Waals surface area contributed by atoms with Crippen LogP contribution in [0.1, 0.15) is 79.3 Å². The molecular formula is C56H52N4OPt-2. The number of benzene rings is 6. The van der Waals surface area contributed by atoms with Crippen molar-refractivity contribution in [3.63, 3.8) is 0 Å². The summed E-state index contributed by atoms with van der Waals surface area (Å²) in [6.07, 6.45) is 5.75. The van der Waals surface area contributed by atoms with Gasteiger partial charge < -0.3 is 13.9 Å². The molecule has 0 atom stereocenters. The molecule has 5 nitrogen and oxygen atoms in total. The zero-order chi connectivity index (χ0) is 42.7. The molecule has 3 heterocycles. The first-order chi connectivity index (χ1) is 29.1.